The van der Waals surface area contributed by atoms with Gasteiger partial charge in [0, 0.05) is 5.69 Å². The summed E-state index contributed by atoms with van der Waals surface area (Å²) < 4.78 is 32.2. The van der Waals surface area contributed by atoms with Crippen LogP contribution in [0, 0.1) is 24.5 Å². The van der Waals surface area contributed by atoms with Crippen molar-refractivity contribution in [1.29, 1.82) is 0 Å². The van der Waals surface area contributed by atoms with Gasteiger partial charge in [-0.2, -0.15) is 0 Å². The van der Waals surface area contributed by atoms with Crippen molar-refractivity contribution in [3.63, 3.8) is 0 Å². The van der Waals surface area contributed by atoms with E-state index in [-0.39, 0.29) is 23.6 Å². The third-order valence-corrected chi connectivity index (χ3v) is 5.46. The molecule has 2 atom stereocenters. The molecule has 1 aliphatic heterocycles. The summed E-state index contributed by atoms with van der Waals surface area (Å²) in [7, 11) is 0. The van der Waals surface area contributed by atoms with Crippen molar-refractivity contribution in [2.24, 2.45) is 5.92 Å². The third kappa shape index (κ3) is 5.47. The van der Waals surface area contributed by atoms with Gasteiger partial charge in [-0.25, -0.2) is 8.78 Å². The summed E-state index contributed by atoms with van der Waals surface area (Å²) in [4.78, 5) is 12.6. The van der Waals surface area contributed by atoms with Gasteiger partial charge in [0.25, 0.3) is 0 Å². The number of nitrogens with one attached hydrogen (secondary N) is 2. The molecule has 1 fully saturated rings. The van der Waals surface area contributed by atoms with E-state index in [0.29, 0.717) is 28.7 Å². The van der Waals surface area contributed by atoms with Gasteiger partial charge in [-0.05, 0) is 98.0 Å². The van der Waals surface area contributed by atoms with E-state index in [1.165, 1.54) is 18.2 Å². The number of benzene rings is 3. The molecular formula is C25H24F2N2O2. The van der Waals surface area contributed by atoms with E-state index in [9.17, 15) is 13.6 Å². The molecule has 160 valence electrons. The monoisotopic (exact) mass is 422 g/mol. The first-order chi connectivity index (χ1) is 15.0. The van der Waals surface area contributed by atoms with Crippen molar-refractivity contribution >= 4 is 11.6 Å². The van der Waals surface area contributed by atoms with Gasteiger partial charge in [-0.15, -0.1) is 0 Å². The highest BCUT2D eigenvalue weighted by Gasteiger charge is 2.29. The van der Waals surface area contributed by atoms with Crippen LogP contribution in [0.2, 0.25) is 0 Å². The summed E-state index contributed by atoms with van der Waals surface area (Å²) in [5, 5.41) is 6.20. The van der Waals surface area contributed by atoms with Crippen LogP contribution in [0.1, 0.15) is 17.5 Å². The van der Waals surface area contributed by atoms with E-state index in [2.05, 4.69) is 10.6 Å². The zero-order valence-corrected chi connectivity index (χ0v) is 17.2. The molecule has 2 N–H and O–H groups in total. The first-order valence-corrected chi connectivity index (χ1v) is 10.3. The Morgan fingerprint density at radius 2 is 1.74 bits per heavy atom. The Morgan fingerprint density at radius 3 is 2.45 bits per heavy atom. The fraction of sp³-hybridized carbons (Fsp3) is 0.240. The van der Waals surface area contributed by atoms with E-state index in [4.69, 9.17) is 4.74 Å². The third-order valence-electron chi connectivity index (χ3n) is 5.46. The van der Waals surface area contributed by atoms with E-state index in [0.717, 1.165) is 24.9 Å². The average Bonchev–Trinajstić information content (AvgIpc) is 3.23. The Labute approximate surface area is 180 Å². The van der Waals surface area contributed by atoms with E-state index < -0.39 is 0 Å². The molecule has 6 heteroatoms. The lowest BCUT2D eigenvalue weighted by atomic mass is 9.96. The Morgan fingerprint density at radius 1 is 1.03 bits per heavy atom. The van der Waals surface area contributed by atoms with Gasteiger partial charge in [0.15, 0.2) is 0 Å². The number of carbonyl (C=O) groups is 1. The molecule has 4 rings (SSSR count). The van der Waals surface area contributed by atoms with Crippen LogP contribution in [0.25, 0.3) is 0 Å². The molecule has 0 radical (unpaired) electrons. The number of hydrogen-bond donors (Lipinski definition) is 2. The van der Waals surface area contributed by atoms with Gasteiger partial charge >= 0.3 is 0 Å². The minimum Gasteiger partial charge on any atom is -0.457 e. The molecular weight excluding hydrogens is 398 g/mol. The van der Waals surface area contributed by atoms with E-state index in [1.807, 2.05) is 0 Å². The molecule has 3 aromatic carbocycles. The fourth-order valence-corrected chi connectivity index (χ4v) is 3.77. The fourth-order valence-electron chi connectivity index (χ4n) is 3.77. The molecule has 0 aliphatic carbocycles. The molecule has 0 aromatic heterocycles. The van der Waals surface area contributed by atoms with Crippen molar-refractivity contribution in [2.75, 3.05) is 11.9 Å². The van der Waals surface area contributed by atoms with Crippen molar-refractivity contribution in [3.8, 4) is 11.5 Å². The predicted octanol–water partition coefficient (Wildman–Crippen LogP) is 5.22. The van der Waals surface area contributed by atoms with Crippen molar-refractivity contribution < 1.29 is 18.3 Å². The molecule has 1 amide bonds. The van der Waals surface area contributed by atoms with Gasteiger partial charge in [0.1, 0.15) is 23.1 Å². The Bertz CT molecular complexity index is 1050. The minimum absolute atomic E-state index is 0.0792. The van der Waals surface area contributed by atoms with Crippen LogP contribution >= 0.6 is 0 Å². The number of rotatable bonds is 6. The molecule has 1 aliphatic rings. The zero-order chi connectivity index (χ0) is 21.8. The second kappa shape index (κ2) is 9.27. The Hall–Kier alpha value is -3.25. The van der Waals surface area contributed by atoms with Gasteiger partial charge in [0.2, 0.25) is 5.91 Å². The first kappa shape index (κ1) is 21.0. The number of halogens is 2. The molecule has 31 heavy (non-hydrogen) atoms. The number of amides is 1. The van der Waals surface area contributed by atoms with Crippen LogP contribution < -0.4 is 15.4 Å². The van der Waals surface area contributed by atoms with Gasteiger partial charge < -0.3 is 15.4 Å². The molecule has 2 unspecified atom stereocenters. The largest absolute Gasteiger partial charge is 0.457 e. The zero-order valence-electron chi connectivity index (χ0n) is 17.2. The average molecular weight is 422 g/mol. The van der Waals surface area contributed by atoms with Crippen LogP contribution in [0.15, 0.2) is 66.7 Å². The second-order valence-corrected chi connectivity index (χ2v) is 7.92. The summed E-state index contributed by atoms with van der Waals surface area (Å²) in [5.74, 6) is 0.890. The maximum absolute atomic E-state index is 13.4. The number of carbonyl (C=O) groups excluding carboxylic acids is 1. The standard InChI is InChI=1S/C25H24F2N2O2/c1-16-12-22(10-11-23(16)27)31-21-8-6-20(7-9-21)29-25(30)24-14-18(15-28-24)13-17-2-4-19(26)5-3-17/h2-12,18,24,28H,13-15H2,1H3,(H,29,30). The van der Waals surface area contributed by atoms with Gasteiger partial charge in [0.05, 0.1) is 6.04 Å². The smallest absolute Gasteiger partial charge is 0.241 e. The minimum atomic E-state index is -0.272. The molecule has 0 saturated carbocycles. The van der Waals surface area contributed by atoms with Crippen LogP contribution in [-0.2, 0) is 11.2 Å². The first-order valence-electron chi connectivity index (χ1n) is 10.3. The topological polar surface area (TPSA) is 50.4 Å². The highest BCUT2D eigenvalue weighted by molar-refractivity contribution is 5.95. The summed E-state index contributed by atoms with van der Waals surface area (Å²) in [6.45, 7) is 2.43. The highest BCUT2D eigenvalue weighted by atomic mass is 19.1. The van der Waals surface area contributed by atoms with E-state index >= 15 is 0 Å². The Balaban J connectivity index is 1.29. The highest BCUT2D eigenvalue weighted by Crippen LogP contribution is 2.25. The predicted molar refractivity (Wildman–Crippen MR) is 116 cm³/mol. The molecule has 4 nitrogen and oxygen atoms in total. The summed E-state index contributed by atoms with van der Waals surface area (Å²) in [5.41, 5.74) is 2.26. The molecule has 0 spiro atoms. The molecule has 1 saturated heterocycles. The normalized spacial score (nSPS) is 18.0. The maximum atomic E-state index is 13.4. The lowest BCUT2D eigenvalue weighted by Gasteiger charge is -2.13. The van der Waals surface area contributed by atoms with E-state index in [1.54, 1.807) is 55.5 Å². The van der Waals surface area contributed by atoms with Gasteiger partial charge in [-0.3, -0.25) is 4.79 Å². The summed E-state index contributed by atoms with van der Waals surface area (Å²) in [6.07, 6.45) is 1.54. The van der Waals surface area contributed by atoms with Crippen molar-refractivity contribution in [2.45, 2.75) is 25.8 Å². The SMILES string of the molecule is Cc1cc(Oc2ccc(NC(=O)C3CC(Cc4ccc(F)cc4)CN3)cc2)ccc1F. The molecule has 1 heterocycles. The number of ether oxygens (including phenoxy) is 1. The summed E-state index contributed by atoms with van der Waals surface area (Å²) >= 11 is 0. The second-order valence-electron chi connectivity index (χ2n) is 7.92. The van der Waals surface area contributed by atoms with Crippen LogP contribution in [0.5, 0.6) is 11.5 Å². The van der Waals surface area contributed by atoms with Crippen LogP contribution in [-0.4, -0.2) is 18.5 Å². The van der Waals surface area contributed by atoms with Crippen molar-refractivity contribution in [3.05, 3.63) is 89.5 Å². The maximum Gasteiger partial charge on any atom is 0.241 e. The lowest BCUT2D eigenvalue weighted by molar-refractivity contribution is -0.117. The van der Waals surface area contributed by atoms with Gasteiger partial charge in [-0.1, -0.05) is 12.1 Å². The summed E-state index contributed by atoms with van der Waals surface area (Å²) in [6, 6.07) is 17.9. The Kier molecular flexibility index (Phi) is 6.28. The number of anilines is 1. The molecule has 3 aromatic rings. The number of hydrogen-bond acceptors (Lipinski definition) is 3. The quantitative estimate of drug-likeness (QED) is 0.572. The van der Waals surface area contributed by atoms with Crippen molar-refractivity contribution in [1.82, 2.24) is 5.32 Å². The molecule has 0 bridgehead atoms. The van der Waals surface area contributed by atoms with Crippen LogP contribution in [0.3, 0.4) is 0 Å². The number of aryl methyl sites for hydroxylation is 1. The van der Waals surface area contributed by atoms with Crippen LogP contribution in [0.4, 0.5) is 14.5 Å². The lowest BCUT2D eigenvalue weighted by Crippen LogP contribution is -2.35.